The van der Waals surface area contributed by atoms with E-state index in [0.717, 1.165) is 12.0 Å². The van der Waals surface area contributed by atoms with Crippen LogP contribution in [0.5, 0.6) is 0 Å². The van der Waals surface area contributed by atoms with Gasteiger partial charge in [-0.3, -0.25) is 4.79 Å². The molecule has 0 amide bonds. The number of carbonyl (C=O) groups is 1. The summed E-state index contributed by atoms with van der Waals surface area (Å²) in [6, 6.07) is 8.04. The second-order valence-corrected chi connectivity index (χ2v) is 5.49. The molecule has 1 heteroatoms. The Bertz CT molecular complexity index is 408. The molecule has 1 nitrogen and oxygen atoms in total. The Labute approximate surface area is 117 Å². The molecule has 0 fully saturated rings. The summed E-state index contributed by atoms with van der Waals surface area (Å²) < 4.78 is 0. The lowest BCUT2D eigenvalue weighted by molar-refractivity contribution is 0.101. The molecule has 0 saturated heterocycles. The highest BCUT2D eigenvalue weighted by Gasteiger charge is 1.99. The van der Waals surface area contributed by atoms with Crippen molar-refractivity contribution in [2.75, 3.05) is 0 Å². The quantitative estimate of drug-likeness (QED) is 0.349. The van der Waals surface area contributed by atoms with E-state index in [-0.39, 0.29) is 5.78 Å². The Balaban J connectivity index is 2.16. The lowest BCUT2D eigenvalue weighted by Crippen LogP contribution is -1.92. The van der Waals surface area contributed by atoms with Crippen LogP contribution in [0.2, 0.25) is 0 Å². The summed E-state index contributed by atoms with van der Waals surface area (Å²) in [6.07, 6.45) is 9.82. The zero-order chi connectivity index (χ0) is 14.1. The zero-order valence-electron chi connectivity index (χ0n) is 12.5. The first-order valence-corrected chi connectivity index (χ1v) is 7.33. The van der Waals surface area contributed by atoms with E-state index in [2.05, 4.69) is 32.1 Å². The predicted octanol–water partition coefficient (Wildman–Crippen LogP) is 5.35. The number of allylic oxidation sites excluding steroid dienone is 2. The summed E-state index contributed by atoms with van der Waals surface area (Å²) in [4.78, 5) is 11.2. The van der Waals surface area contributed by atoms with E-state index in [0.29, 0.717) is 0 Å². The van der Waals surface area contributed by atoms with Crippen LogP contribution in [0.1, 0.15) is 68.8 Å². The first-order chi connectivity index (χ1) is 9.09. The van der Waals surface area contributed by atoms with E-state index in [9.17, 15) is 4.79 Å². The number of rotatable bonds is 8. The normalized spacial score (nSPS) is 10.3. The minimum Gasteiger partial charge on any atom is -0.295 e. The Morgan fingerprint density at radius 1 is 0.947 bits per heavy atom. The third-order valence-electron chi connectivity index (χ3n) is 3.33. The summed E-state index contributed by atoms with van der Waals surface area (Å²) in [5.74, 6) is 0.144. The van der Waals surface area contributed by atoms with Gasteiger partial charge in [-0.05, 0) is 52.0 Å². The Hall–Kier alpha value is -1.37. The van der Waals surface area contributed by atoms with Gasteiger partial charge in [0.25, 0.3) is 0 Å². The topological polar surface area (TPSA) is 17.1 Å². The highest BCUT2D eigenvalue weighted by molar-refractivity contribution is 5.93. The number of Topliss-reactive ketones (excluding diaryl/α,β-unsaturated/α-hetero) is 1. The fraction of sp³-hybridized carbons (Fsp3) is 0.500. The Morgan fingerprint density at radius 3 is 2.16 bits per heavy atom. The number of benzene rings is 1. The Morgan fingerprint density at radius 2 is 1.58 bits per heavy atom. The molecule has 1 aromatic rings. The molecule has 0 aliphatic rings. The smallest absolute Gasteiger partial charge is 0.159 e. The second-order valence-electron chi connectivity index (χ2n) is 5.49. The van der Waals surface area contributed by atoms with Gasteiger partial charge in [-0.15, -0.1) is 0 Å². The van der Waals surface area contributed by atoms with Crippen molar-refractivity contribution < 1.29 is 4.79 Å². The fourth-order valence-corrected chi connectivity index (χ4v) is 2.12. The van der Waals surface area contributed by atoms with Gasteiger partial charge in [0.1, 0.15) is 0 Å². The van der Waals surface area contributed by atoms with E-state index in [1.54, 1.807) is 6.92 Å². The monoisotopic (exact) mass is 258 g/mol. The molecule has 0 radical (unpaired) electrons. The van der Waals surface area contributed by atoms with Crippen molar-refractivity contribution in [1.29, 1.82) is 0 Å². The van der Waals surface area contributed by atoms with Crippen LogP contribution in [0.3, 0.4) is 0 Å². The van der Waals surface area contributed by atoms with Crippen molar-refractivity contribution in [3.05, 3.63) is 47.0 Å². The minimum atomic E-state index is 0.144. The van der Waals surface area contributed by atoms with E-state index >= 15 is 0 Å². The third-order valence-corrected chi connectivity index (χ3v) is 3.33. The molecule has 0 aliphatic carbocycles. The van der Waals surface area contributed by atoms with Crippen LogP contribution in [0.4, 0.5) is 0 Å². The highest BCUT2D eigenvalue weighted by atomic mass is 16.1. The van der Waals surface area contributed by atoms with Crippen LogP contribution in [0.25, 0.3) is 0 Å². The summed E-state index contributed by atoms with van der Waals surface area (Å²) in [6.45, 7) is 5.93. The SMILES string of the molecule is CC(=O)c1ccc(CCCCCCC=C(C)C)cc1. The number of carbonyl (C=O) groups excluding carboxylic acids is 1. The molecule has 0 atom stereocenters. The van der Waals surface area contributed by atoms with Crippen molar-refractivity contribution >= 4 is 5.78 Å². The van der Waals surface area contributed by atoms with Gasteiger partial charge in [-0.25, -0.2) is 0 Å². The summed E-state index contributed by atoms with van der Waals surface area (Å²) >= 11 is 0. The molecule has 0 aliphatic heterocycles. The first-order valence-electron chi connectivity index (χ1n) is 7.33. The summed E-state index contributed by atoms with van der Waals surface area (Å²) in [5, 5.41) is 0. The number of unbranched alkanes of at least 4 members (excludes halogenated alkanes) is 4. The largest absolute Gasteiger partial charge is 0.295 e. The predicted molar refractivity (Wildman–Crippen MR) is 82.7 cm³/mol. The van der Waals surface area contributed by atoms with Gasteiger partial charge in [-0.1, -0.05) is 48.8 Å². The van der Waals surface area contributed by atoms with Crippen molar-refractivity contribution in [1.82, 2.24) is 0 Å². The minimum absolute atomic E-state index is 0.144. The van der Waals surface area contributed by atoms with Gasteiger partial charge in [0.05, 0.1) is 0 Å². The maximum atomic E-state index is 11.2. The molecule has 1 rings (SSSR count). The van der Waals surface area contributed by atoms with E-state index in [4.69, 9.17) is 0 Å². The molecular weight excluding hydrogens is 232 g/mol. The average molecular weight is 258 g/mol. The van der Waals surface area contributed by atoms with E-state index < -0.39 is 0 Å². The van der Waals surface area contributed by atoms with Crippen LogP contribution in [0, 0.1) is 0 Å². The van der Waals surface area contributed by atoms with E-state index in [1.807, 2.05) is 12.1 Å². The van der Waals surface area contributed by atoms with Gasteiger partial charge in [0, 0.05) is 5.56 Å². The van der Waals surface area contributed by atoms with Crippen LogP contribution < -0.4 is 0 Å². The molecule has 0 unspecified atom stereocenters. The lowest BCUT2D eigenvalue weighted by atomic mass is 10.0. The lowest BCUT2D eigenvalue weighted by Gasteiger charge is -2.03. The Kier molecular flexibility index (Phi) is 7.17. The fourth-order valence-electron chi connectivity index (χ4n) is 2.12. The van der Waals surface area contributed by atoms with Crippen molar-refractivity contribution in [2.45, 2.75) is 59.3 Å². The first kappa shape index (κ1) is 15.7. The maximum absolute atomic E-state index is 11.2. The van der Waals surface area contributed by atoms with Gasteiger partial charge in [0.15, 0.2) is 5.78 Å². The molecule has 19 heavy (non-hydrogen) atoms. The van der Waals surface area contributed by atoms with Gasteiger partial charge in [-0.2, -0.15) is 0 Å². The van der Waals surface area contributed by atoms with E-state index in [1.165, 1.54) is 43.2 Å². The van der Waals surface area contributed by atoms with Gasteiger partial charge in [0.2, 0.25) is 0 Å². The van der Waals surface area contributed by atoms with Crippen LogP contribution >= 0.6 is 0 Å². The maximum Gasteiger partial charge on any atom is 0.159 e. The number of hydrogen-bond donors (Lipinski definition) is 0. The van der Waals surface area contributed by atoms with Crippen LogP contribution in [-0.4, -0.2) is 5.78 Å². The zero-order valence-corrected chi connectivity index (χ0v) is 12.5. The molecule has 0 spiro atoms. The average Bonchev–Trinajstić information content (AvgIpc) is 2.38. The summed E-state index contributed by atoms with van der Waals surface area (Å²) in [5.41, 5.74) is 3.57. The number of ketones is 1. The number of hydrogen-bond acceptors (Lipinski definition) is 1. The molecule has 0 N–H and O–H groups in total. The molecule has 0 saturated carbocycles. The molecule has 1 aromatic carbocycles. The van der Waals surface area contributed by atoms with Gasteiger partial charge >= 0.3 is 0 Å². The van der Waals surface area contributed by atoms with Crippen LogP contribution in [-0.2, 0) is 6.42 Å². The third kappa shape index (κ3) is 6.95. The van der Waals surface area contributed by atoms with Crippen molar-refractivity contribution in [3.63, 3.8) is 0 Å². The van der Waals surface area contributed by atoms with Gasteiger partial charge < -0.3 is 0 Å². The molecule has 0 bridgehead atoms. The molecular formula is C18H26O. The summed E-state index contributed by atoms with van der Waals surface area (Å²) in [7, 11) is 0. The second kappa shape index (κ2) is 8.68. The molecule has 0 heterocycles. The standard InChI is InChI=1S/C18H26O/c1-15(2)9-7-5-4-6-8-10-17-11-13-18(14-12-17)16(3)19/h9,11-14H,4-8,10H2,1-3H3. The molecule has 0 aromatic heterocycles. The van der Waals surface area contributed by atoms with Crippen molar-refractivity contribution in [3.8, 4) is 0 Å². The van der Waals surface area contributed by atoms with Crippen LogP contribution in [0.15, 0.2) is 35.9 Å². The highest BCUT2D eigenvalue weighted by Crippen LogP contribution is 2.11. The number of aryl methyl sites for hydroxylation is 1. The van der Waals surface area contributed by atoms with Crippen molar-refractivity contribution in [2.24, 2.45) is 0 Å². The molecule has 104 valence electrons.